The largest absolute Gasteiger partial charge is 0.310 e. The number of hydrogen-bond acceptors (Lipinski definition) is 1. The molecule has 1 heteroatoms. The molecule has 0 aromatic heterocycles. The molecule has 2 bridgehead atoms. The molecule has 0 spiro atoms. The Morgan fingerprint density at radius 3 is 1.88 bits per heavy atom. The fraction of sp³-hybridized carbons (Fsp3) is 0.250. The second kappa shape index (κ2) is 8.56. The van der Waals surface area contributed by atoms with Gasteiger partial charge in [-0.1, -0.05) is 67.1 Å². The first kappa shape index (κ1) is 20.3. The van der Waals surface area contributed by atoms with E-state index >= 15 is 0 Å². The first-order valence-corrected chi connectivity index (χ1v) is 12.4. The molecule has 0 saturated heterocycles. The summed E-state index contributed by atoms with van der Waals surface area (Å²) in [5.41, 5.74) is 10.9. The van der Waals surface area contributed by atoms with Gasteiger partial charge in [0.25, 0.3) is 0 Å². The van der Waals surface area contributed by atoms with Crippen molar-refractivity contribution in [1.29, 1.82) is 0 Å². The van der Waals surface area contributed by atoms with Crippen molar-refractivity contribution in [3.05, 3.63) is 114 Å². The number of benzene rings is 4. The van der Waals surface area contributed by atoms with E-state index in [1.54, 1.807) is 11.1 Å². The lowest BCUT2D eigenvalue weighted by Gasteiger charge is -2.29. The predicted octanol–water partition coefficient (Wildman–Crippen LogP) is 9.28. The van der Waals surface area contributed by atoms with Gasteiger partial charge in [0.1, 0.15) is 0 Å². The van der Waals surface area contributed by atoms with Crippen molar-refractivity contribution in [2.24, 2.45) is 0 Å². The van der Waals surface area contributed by atoms with Crippen LogP contribution in [-0.4, -0.2) is 0 Å². The lowest BCUT2D eigenvalue weighted by molar-refractivity contribution is 0.527. The number of anilines is 3. The number of aryl methyl sites for hydroxylation is 1. The summed E-state index contributed by atoms with van der Waals surface area (Å²) in [7, 11) is 0. The lowest BCUT2D eigenvalue weighted by atomic mass is 9.77. The van der Waals surface area contributed by atoms with Crippen LogP contribution in [-0.2, 0) is 0 Å². The number of fused-ring (bicyclic) bond motifs is 3. The standard InChI is InChI=1S/C32H31N/c1-23-15-19-29(33(27-11-4-2-5-12-27)28-13-6-3-7-14-28)22-31(23)26-18-20-30-24-9-8-10-25(17-16-24)32(30)21-26/h2-7,11-15,18-22,24-25H,8-10,16-17H2,1H3. The molecule has 2 unspecified atom stereocenters. The van der Waals surface area contributed by atoms with Gasteiger partial charge in [0.15, 0.2) is 0 Å². The van der Waals surface area contributed by atoms with Crippen LogP contribution in [0.5, 0.6) is 0 Å². The molecular formula is C32H31N. The summed E-state index contributed by atoms with van der Waals surface area (Å²) >= 11 is 0. The number of rotatable bonds is 4. The minimum absolute atomic E-state index is 0.757. The van der Waals surface area contributed by atoms with E-state index in [1.807, 2.05) is 0 Å². The smallest absolute Gasteiger partial charge is 0.0467 e. The van der Waals surface area contributed by atoms with E-state index in [0.717, 1.165) is 11.8 Å². The zero-order chi connectivity index (χ0) is 22.2. The average Bonchev–Trinajstić information content (AvgIpc) is 3.22. The van der Waals surface area contributed by atoms with Crippen LogP contribution >= 0.6 is 0 Å². The van der Waals surface area contributed by atoms with Crippen molar-refractivity contribution in [2.75, 3.05) is 4.90 Å². The molecule has 0 aliphatic heterocycles. The Kier molecular flexibility index (Phi) is 5.26. The van der Waals surface area contributed by atoms with Gasteiger partial charge in [-0.25, -0.2) is 0 Å². The zero-order valence-corrected chi connectivity index (χ0v) is 19.4. The Hall–Kier alpha value is -3.32. The highest BCUT2D eigenvalue weighted by Crippen LogP contribution is 2.48. The van der Waals surface area contributed by atoms with Crippen molar-refractivity contribution in [1.82, 2.24) is 0 Å². The summed E-state index contributed by atoms with van der Waals surface area (Å²) in [6, 6.07) is 35.6. The van der Waals surface area contributed by atoms with E-state index in [0.29, 0.717) is 0 Å². The van der Waals surface area contributed by atoms with Crippen LogP contribution < -0.4 is 4.90 Å². The summed E-state index contributed by atoms with van der Waals surface area (Å²) in [6.45, 7) is 2.24. The van der Waals surface area contributed by atoms with E-state index in [4.69, 9.17) is 0 Å². The molecule has 164 valence electrons. The van der Waals surface area contributed by atoms with E-state index in [1.165, 1.54) is 65.9 Å². The summed E-state index contributed by atoms with van der Waals surface area (Å²) < 4.78 is 0. The molecule has 1 saturated carbocycles. The average molecular weight is 430 g/mol. The first-order chi connectivity index (χ1) is 16.3. The third kappa shape index (κ3) is 3.76. The maximum absolute atomic E-state index is 2.53. The molecule has 1 nitrogen and oxygen atoms in total. The SMILES string of the molecule is Cc1ccc(N(c2ccccc2)c2ccccc2)cc1-c1ccc2c(c1)C1CCCC2CC1. The molecule has 0 N–H and O–H groups in total. The minimum atomic E-state index is 0.757. The summed E-state index contributed by atoms with van der Waals surface area (Å²) in [5.74, 6) is 1.54. The molecule has 7 rings (SSSR count). The first-order valence-electron chi connectivity index (χ1n) is 12.4. The van der Waals surface area contributed by atoms with Crippen LogP contribution in [0.3, 0.4) is 0 Å². The Bertz CT molecular complexity index is 1210. The molecule has 3 aliphatic rings. The highest BCUT2D eigenvalue weighted by molar-refractivity contribution is 5.81. The maximum Gasteiger partial charge on any atom is 0.0467 e. The van der Waals surface area contributed by atoms with Gasteiger partial charge in [0.05, 0.1) is 0 Å². The summed E-state index contributed by atoms with van der Waals surface area (Å²) in [6.07, 6.45) is 6.88. The molecule has 1 fully saturated rings. The van der Waals surface area contributed by atoms with Crippen molar-refractivity contribution in [3.8, 4) is 11.1 Å². The van der Waals surface area contributed by atoms with E-state index in [-0.39, 0.29) is 0 Å². The van der Waals surface area contributed by atoms with Crippen molar-refractivity contribution < 1.29 is 0 Å². The molecule has 2 atom stereocenters. The molecule has 4 aromatic carbocycles. The second-order valence-corrected chi connectivity index (χ2v) is 9.75. The maximum atomic E-state index is 2.53. The monoisotopic (exact) mass is 429 g/mol. The van der Waals surface area contributed by atoms with Gasteiger partial charge >= 0.3 is 0 Å². The number of hydrogen-bond donors (Lipinski definition) is 0. The number of nitrogens with zero attached hydrogens (tertiary/aromatic N) is 1. The van der Waals surface area contributed by atoms with Crippen LogP contribution in [0.25, 0.3) is 11.1 Å². The molecule has 4 aromatic rings. The van der Waals surface area contributed by atoms with Gasteiger partial charge in [-0.3, -0.25) is 0 Å². The van der Waals surface area contributed by atoms with Crippen LogP contribution in [0.15, 0.2) is 97.1 Å². The zero-order valence-electron chi connectivity index (χ0n) is 19.4. The van der Waals surface area contributed by atoms with Crippen molar-refractivity contribution in [2.45, 2.75) is 50.9 Å². The van der Waals surface area contributed by atoms with Gasteiger partial charge in [0, 0.05) is 17.1 Å². The predicted molar refractivity (Wildman–Crippen MR) is 140 cm³/mol. The Morgan fingerprint density at radius 1 is 0.576 bits per heavy atom. The van der Waals surface area contributed by atoms with Crippen LogP contribution in [0.4, 0.5) is 17.1 Å². The van der Waals surface area contributed by atoms with Crippen LogP contribution in [0.1, 0.15) is 60.6 Å². The van der Waals surface area contributed by atoms with Crippen LogP contribution in [0, 0.1) is 6.92 Å². The van der Waals surface area contributed by atoms with Gasteiger partial charge < -0.3 is 4.90 Å². The molecule has 33 heavy (non-hydrogen) atoms. The quantitative estimate of drug-likeness (QED) is 0.312. The molecular weight excluding hydrogens is 398 g/mol. The summed E-state index contributed by atoms with van der Waals surface area (Å²) in [4.78, 5) is 2.36. The summed E-state index contributed by atoms with van der Waals surface area (Å²) in [5, 5.41) is 0. The van der Waals surface area contributed by atoms with Gasteiger partial charge in [0.2, 0.25) is 0 Å². The van der Waals surface area contributed by atoms with Crippen LogP contribution in [0.2, 0.25) is 0 Å². The third-order valence-electron chi connectivity index (χ3n) is 7.75. The van der Waals surface area contributed by atoms with Gasteiger partial charge in [-0.2, -0.15) is 0 Å². The highest BCUT2D eigenvalue weighted by Gasteiger charge is 2.30. The van der Waals surface area contributed by atoms with Gasteiger partial charge in [-0.05, 0) is 109 Å². The third-order valence-corrected chi connectivity index (χ3v) is 7.75. The normalized spacial score (nSPS) is 19.1. The second-order valence-electron chi connectivity index (χ2n) is 9.75. The fourth-order valence-corrected chi connectivity index (χ4v) is 6.05. The molecule has 0 heterocycles. The topological polar surface area (TPSA) is 3.24 Å². The Labute approximate surface area is 197 Å². The van der Waals surface area contributed by atoms with Gasteiger partial charge in [-0.15, -0.1) is 0 Å². The highest BCUT2D eigenvalue weighted by atomic mass is 15.1. The Morgan fingerprint density at radius 2 is 1.21 bits per heavy atom. The molecule has 0 radical (unpaired) electrons. The van der Waals surface area contributed by atoms with Crippen molar-refractivity contribution in [3.63, 3.8) is 0 Å². The molecule has 3 aliphatic carbocycles. The molecule has 0 amide bonds. The van der Waals surface area contributed by atoms with E-state index in [2.05, 4.69) is 109 Å². The van der Waals surface area contributed by atoms with Crippen molar-refractivity contribution >= 4 is 17.1 Å². The minimum Gasteiger partial charge on any atom is -0.310 e. The van der Waals surface area contributed by atoms with E-state index < -0.39 is 0 Å². The van der Waals surface area contributed by atoms with E-state index in [9.17, 15) is 0 Å². The number of para-hydroxylation sites is 2. The fourth-order valence-electron chi connectivity index (χ4n) is 6.05. The Balaban J connectivity index is 1.46. The lowest BCUT2D eigenvalue weighted by Crippen LogP contribution is -2.11.